The van der Waals surface area contributed by atoms with Crippen LogP contribution in [0.5, 0.6) is 0 Å². The Labute approximate surface area is 116 Å². The molecule has 1 fully saturated rings. The van der Waals surface area contributed by atoms with Crippen LogP contribution >= 0.6 is 0 Å². The average Bonchev–Trinajstić information content (AvgIpc) is 2.49. The Kier molecular flexibility index (Phi) is 6.79. The van der Waals surface area contributed by atoms with E-state index in [2.05, 4.69) is 6.07 Å². The first-order valence-corrected chi connectivity index (χ1v) is 7.33. The van der Waals surface area contributed by atoms with E-state index in [0.717, 1.165) is 31.2 Å². The summed E-state index contributed by atoms with van der Waals surface area (Å²) in [6.07, 6.45) is 6.77. The topological polar surface area (TPSA) is 37.3 Å². The lowest BCUT2D eigenvalue weighted by atomic mass is 9.80. The lowest BCUT2D eigenvalue weighted by Gasteiger charge is -2.32. The highest BCUT2D eigenvalue weighted by atomic mass is 16.3. The van der Waals surface area contributed by atoms with Crippen molar-refractivity contribution in [2.45, 2.75) is 64.4 Å². The molecule has 2 heteroatoms. The third-order valence-electron chi connectivity index (χ3n) is 3.72. The second kappa shape index (κ2) is 8.11. The summed E-state index contributed by atoms with van der Waals surface area (Å²) in [6, 6.07) is 10.7. The highest BCUT2D eigenvalue weighted by molar-refractivity contribution is 5.77. The van der Waals surface area contributed by atoms with E-state index in [1.807, 2.05) is 38.1 Å². The minimum atomic E-state index is -0.548. The van der Waals surface area contributed by atoms with Crippen LogP contribution in [-0.4, -0.2) is 10.9 Å². The molecule has 2 rings (SSSR count). The number of rotatable bonds is 3. The lowest BCUT2D eigenvalue weighted by Crippen LogP contribution is -2.28. The van der Waals surface area contributed by atoms with Crippen molar-refractivity contribution in [2.75, 3.05) is 0 Å². The number of aliphatic hydroxyl groups is 1. The van der Waals surface area contributed by atoms with Gasteiger partial charge >= 0.3 is 0 Å². The summed E-state index contributed by atoms with van der Waals surface area (Å²) in [4.78, 5) is 10.2. The molecule has 1 aromatic carbocycles. The summed E-state index contributed by atoms with van der Waals surface area (Å²) in [5.41, 5.74) is 0.513. The molecule has 0 spiro atoms. The monoisotopic (exact) mass is 261 g/mol. The number of ketones is 1. The molecule has 0 bridgehead atoms. The number of carbonyl (C=O) groups is 1. The summed E-state index contributed by atoms with van der Waals surface area (Å²) in [5.74, 6) is 0.343. The molecule has 105 valence electrons. The Morgan fingerprint density at radius 1 is 1.16 bits per heavy atom. The van der Waals surface area contributed by atoms with Crippen LogP contribution in [0, 0.1) is 6.07 Å². The van der Waals surface area contributed by atoms with Crippen LogP contribution in [0.4, 0.5) is 0 Å². The zero-order valence-corrected chi connectivity index (χ0v) is 12.1. The van der Waals surface area contributed by atoms with Gasteiger partial charge in [-0.05, 0) is 24.5 Å². The second-order valence-electron chi connectivity index (χ2n) is 5.13. The smallest absolute Gasteiger partial charge is 0.132 e. The Bertz CT molecular complexity index is 358. The maximum absolute atomic E-state index is 10.3. The highest BCUT2D eigenvalue weighted by Gasteiger charge is 2.30. The standard InChI is InChI=1S/C12H15O.C5H10O/c13-12(9-5-2-6-10-12)11-7-3-1-4-8-11;1-3-5(6)4-2/h3-4,7-8,13H,2,5-6,9-10H2;3-4H2,1-2H3. The van der Waals surface area contributed by atoms with Gasteiger partial charge in [0.2, 0.25) is 0 Å². The normalized spacial score (nSPS) is 17.2. The van der Waals surface area contributed by atoms with Crippen LogP contribution in [0.3, 0.4) is 0 Å². The van der Waals surface area contributed by atoms with Gasteiger partial charge < -0.3 is 5.11 Å². The fourth-order valence-corrected chi connectivity index (χ4v) is 2.37. The van der Waals surface area contributed by atoms with E-state index >= 15 is 0 Å². The molecule has 0 unspecified atom stereocenters. The maximum Gasteiger partial charge on any atom is 0.132 e. The molecule has 1 N–H and O–H groups in total. The van der Waals surface area contributed by atoms with Gasteiger partial charge in [-0.15, -0.1) is 0 Å². The molecule has 1 aliphatic rings. The molecule has 1 aliphatic carbocycles. The summed E-state index contributed by atoms with van der Waals surface area (Å²) < 4.78 is 0. The summed E-state index contributed by atoms with van der Waals surface area (Å²) >= 11 is 0. The minimum absolute atomic E-state index is 0.343. The number of hydrogen-bond donors (Lipinski definition) is 1. The molecular weight excluding hydrogens is 236 g/mol. The van der Waals surface area contributed by atoms with Crippen LogP contribution in [0.2, 0.25) is 0 Å². The first kappa shape index (κ1) is 15.9. The summed E-state index contributed by atoms with van der Waals surface area (Å²) in [6.45, 7) is 3.76. The predicted molar refractivity (Wildman–Crippen MR) is 77.8 cm³/mol. The molecule has 0 aromatic heterocycles. The van der Waals surface area contributed by atoms with E-state index < -0.39 is 5.60 Å². The van der Waals surface area contributed by atoms with E-state index in [1.165, 1.54) is 6.42 Å². The van der Waals surface area contributed by atoms with Gasteiger partial charge in [0, 0.05) is 12.8 Å². The van der Waals surface area contributed by atoms with Gasteiger partial charge in [-0.2, -0.15) is 0 Å². The number of carbonyl (C=O) groups excluding carboxylic acids is 1. The van der Waals surface area contributed by atoms with Gasteiger partial charge in [-0.25, -0.2) is 0 Å². The maximum atomic E-state index is 10.3. The quantitative estimate of drug-likeness (QED) is 0.892. The van der Waals surface area contributed by atoms with Crippen LogP contribution in [0.1, 0.15) is 64.4 Å². The molecule has 0 saturated heterocycles. The van der Waals surface area contributed by atoms with Crippen molar-refractivity contribution in [3.63, 3.8) is 0 Å². The van der Waals surface area contributed by atoms with Gasteiger partial charge in [0.15, 0.2) is 0 Å². The van der Waals surface area contributed by atoms with E-state index in [4.69, 9.17) is 0 Å². The van der Waals surface area contributed by atoms with Crippen molar-refractivity contribution in [3.05, 3.63) is 35.9 Å². The minimum Gasteiger partial charge on any atom is -0.385 e. The Balaban J connectivity index is 0.000000258. The third kappa shape index (κ3) is 5.15. The van der Waals surface area contributed by atoms with E-state index in [0.29, 0.717) is 18.6 Å². The molecule has 1 aromatic rings. The largest absolute Gasteiger partial charge is 0.385 e. The van der Waals surface area contributed by atoms with Gasteiger partial charge in [0.25, 0.3) is 0 Å². The number of Topliss-reactive ketones (excluding diaryl/α,β-unsaturated/α-hetero) is 1. The summed E-state index contributed by atoms with van der Waals surface area (Å²) in [7, 11) is 0. The molecule has 2 nitrogen and oxygen atoms in total. The van der Waals surface area contributed by atoms with Gasteiger partial charge in [0.1, 0.15) is 5.78 Å². The van der Waals surface area contributed by atoms with Crippen LogP contribution in [0.15, 0.2) is 24.3 Å². The molecule has 1 radical (unpaired) electrons. The molecule has 0 atom stereocenters. The molecule has 0 aliphatic heterocycles. The van der Waals surface area contributed by atoms with Crippen molar-refractivity contribution in [1.82, 2.24) is 0 Å². The highest BCUT2D eigenvalue weighted by Crippen LogP contribution is 2.36. The number of benzene rings is 1. The Morgan fingerprint density at radius 3 is 2.11 bits per heavy atom. The molecule has 1 saturated carbocycles. The Hall–Kier alpha value is -1.15. The van der Waals surface area contributed by atoms with Crippen molar-refractivity contribution in [2.24, 2.45) is 0 Å². The lowest BCUT2D eigenvalue weighted by molar-refractivity contribution is -0.118. The fourth-order valence-electron chi connectivity index (χ4n) is 2.37. The molecule has 0 amide bonds. The van der Waals surface area contributed by atoms with Crippen molar-refractivity contribution in [1.29, 1.82) is 0 Å². The van der Waals surface area contributed by atoms with Gasteiger partial charge in [0.05, 0.1) is 5.60 Å². The van der Waals surface area contributed by atoms with Crippen molar-refractivity contribution in [3.8, 4) is 0 Å². The first-order valence-electron chi connectivity index (χ1n) is 7.33. The van der Waals surface area contributed by atoms with Crippen molar-refractivity contribution >= 4 is 5.78 Å². The average molecular weight is 261 g/mol. The van der Waals surface area contributed by atoms with E-state index in [1.54, 1.807) is 0 Å². The Morgan fingerprint density at radius 2 is 1.68 bits per heavy atom. The van der Waals surface area contributed by atoms with E-state index in [-0.39, 0.29) is 0 Å². The van der Waals surface area contributed by atoms with Gasteiger partial charge in [-0.3, -0.25) is 4.79 Å². The molecule has 0 heterocycles. The second-order valence-corrected chi connectivity index (χ2v) is 5.13. The SMILES string of the molecule is CCC(=O)CC.OC1(c2cc[c]cc2)CCCCC1. The third-order valence-corrected chi connectivity index (χ3v) is 3.72. The summed E-state index contributed by atoms with van der Waals surface area (Å²) in [5, 5.41) is 10.3. The van der Waals surface area contributed by atoms with E-state index in [9.17, 15) is 9.90 Å². The van der Waals surface area contributed by atoms with Gasteiger partial charge in [-0.1, -0.05) is 57.4 Å². The van der Waals surface area contributed by atoms with Crippen molar-refractivity contribution < 1.29 is 9.90 Å². The number of hydrogen-bond acceptors (Lipinski definition) is 2. The van der Waals surface area contributed by atoms with Crippen LogP contribution in [-0.2, 0) is 10.4 Å². The van der Waals surface area contributed by atoms with Crippen LogP contribution < -0.4 is 0 Å². The van der Waals surface area contributed by atoms with Crippen LogP contribution in [0.25, 0.3) is 0 Å². The zero-order valence-electron chi connectivity index (χ0n) is 12.1. The first-order chi connectivity index (χ1) is 9.12. The predicted octanol–water partition coefficient (Wildman–Crippen LogP) is 4.01. The molecular formula is C17H25O2. The molecule has 19 heavy (non-hydrogen) atoms. The fraction of sp³-hybridized carbons (Fsp3) is 0.588. The zero-order chi connectivity index (χ0) is 14.1.